The number of morpholine rings is 1. The maximum absolute atomic E-state index is 12.7. The molecule has 26 heavy (non-hydrogen) atoms. The van der Waals surface area contributed by atoms with Crippen molar-refractivity contribution in [1.82, 2.24) is 9.62 Å². The minimum absolute atomic E-state index is 0.0653. The normalized spacial score (nSPS) is 20.0. The molecule has 0 saturated carbocycles. The van der Waals surface area contributed by atoms with Crippen LogP contribution < -0.4 is 10.6 Å². The van der Waals surface area contributed by atoms with E-state index in [2.05, 4.69) is 10.6 Å². The zero-order valence-electron chi connectivity index (χ0n) is 14.9. The molecule has 1 aromatic rings. The van der Waals surface area contributed by atoms with Crippen molar-refractivity contribution >= 4 is 21.6 Å². The molecule has 8 heteroatoms. The van der Waals surface area contributed by atoms with E-state index < -0.39 is 10.0 Å². The van der Waals surface area contributed by atoms with Crippen molar-refractivity contribution in [2.24, 2.45) is 5.92 Å². The first-order valence-electron chi connectivity index (χ1n) is 9.24. The molecule has 3 rings (SSSR count). The van der Waals surface area contributed by atoms with Gasteiger partial charge in [0, 0.05) is 25.2 Å². The third kappa shape index (κ3) is 5.03. The highest BCUT2D eigenvalue weighted by Gasteiger charge is 2.26. The monoisotopic (exact) mass is 381 g/mol. The van der Waals surface area contributed by atoms with E-state index in [0.29, 0.717) is 44.3 Å². The van der Waals surface area contributed by atoms with Gasteiger partial charge in [0.05, 0.1) is 18.1 Å². The van der Waals surface area contributed by atoms with Crippen LogP contribution in [0.25, 0.3) is 0 Å². The van der Waals surface area contributed by atoms with Gasteiger partial charge in [0.2, 0.25) is 15.9 Å². The minimum atomic E-state index is -3.55. The van der Waals surface area contributed by atoms with E-state index in [0.717, 1.165) is 32.4 Å². The fraction of sp³-hybridized carbons (Fsp3) is 0.611. The van der Waals surface area contributed by atoms with Gasteiger partial charge in [-0.1, -0.05) is 6.07 Å². The summed E-state index contributed by atoms with van der Waals surface area (Å²) < 4.78 is 32.1. The second kappa shape index (κ2) is 8.94. The van der Waals surface area contributed by atoms with Gasteiger partial charge in [-0.2, -0.15) is 4.31 Å². The van der Waals surface area contributed by atoms with Gasteiger partial charge in [0.25, 0.3) is 0 Å². The molecule has 144 valence electrons. The van der Waals surface area contributed by atoms with Crippen LogP contribution in [-0.4, -0.2) is 58.0 Å². The number of nitrogens with zero attached hydrogens (tertiary/aromatic N) is 1. The van der Waals surface area contributed by atoms with Crippen LogP contribution in [0, 0.1) is 5.92 Å². The number of carbonyl (C=O) groups excluding carboxylic acids is 1. The molecule has 2 fully saturated rings. The Bertz CT molecular complexity index is 711. The van der Waals surface area contributed by atoms with Crippen LogP contribution in [-0.2, 0) is 19.6 Å². The lowest BCUT2D eigenvalue weighted by Gasteiger charge is -2.26. The van der Waals surface area contributed by atoms with Crippen molar-refractivity contribution in [3.8, 4) is 0 Å². The topological polar surface area (TPSA) is 87.7 Å². The summed E-state index contributed by atoms with van der Waals surface area (Å²) >= 11 is 0. The van der Waals surface area contributed by atoms with Crippen molar-refractivity contribution in [2.45, 2.75) is 30.6 Å². The molecular weight excluding hydrogens is 354 g/mol. The van der Waals surface area contributed by atoms with E-state index in [1.165, 1.54) is 10.4 Å². The van der Waals surface area contributed by atoms with Crippen LogP contribution in [0.4, 0.5) is 5.69 Å². The van der Waals surface area contributed by atoms with E-state index in [1.807, 2.05) is 0 Å². The predicted molar refractivity (Wildman–Crippen MR) is 99.5 cm³/mol. The summed E-state index contributed by atoms with van der Waals surface area (Å²) in [6.07, 6.45) is 3.56. The van der Waals surface area contributed by atoms with Gasteiger partial charge in [0.1, 0.15) is 0 Å². The van der Waals surface area contributed by atoms with Gasteiger partial charge in [-0.15, -0.1) is 0 Å². The SMILES string of the molecule is O=C(CCC1CCNCC1)Nc1cccc(S(=O)(=O)N2CCOCC2)c1. The fourth-order valence-corrected chi connectivity index (χ4v) is 4.85. The van der Waals surface area contributed by atoms with Gasteiger partial charge in [-0.25, -0.2) is 8.42 Å². The maximum Gasteiger partial charge on any atom is 0.243 e. The number of rotatable bonds is 6. The number of sulfonamides is 1. The molecule has 2 aliphatic heterocycles. The van der Waals surface area contributed by atoms with E-state index in [4.69, 9.17) is 4.74 Å². The second-order valence-electron chi connectivity index (χ2n) is 6.82. The highest BCUT2D eigenvalue weighted by atomic mass is 32.2. The molecule has 0 bridgehead atoms. The van der Waals surface area contributed by atoms with Gasteiger partial charge < -0.3 is 15.4 Å². The summed E-state index contributed by atoms with van der Waals surface area (Å²) in [5.41, 5.74) is 0.523. The van der Waals surface area contributed by atoms with Crippen molar-refractivity contribution in [1.29, 1.82) is 0 Å². The van der Waals surface area contributed by atoms with Gasteiger partial charge in [0.15, 0.2) is 0 Å². The summed E-state index contributed by atoms with van der Waals surface area (Å²) in [4.78, 5) is 12.4. The zero-order chi connectivity index (χ0) is 18.4. The van der Waals surface area contributed by atoms with Crippen LogP contribution in [0.15, 0.2) is 29.2 Å². The molecule has 2 aliphatic rings. The molecule has 0 unspecified atom stereocenters. The van der Waals surface area contributed by atoms with Crippen molar-refractivity contribution in [2.75, 3.05) is 44.7 Å². The standard InChI is InChI=1S/C18H27N3O4S/c22-18(5-4-15-6-8-19-9-7-15)20-16-2-1-3-17(14-16)26(23,24)21-10-12-25-13-11-21/h1-3,14-15,19H,4-13H2,(H,20,22). The molecular formula is C18H27N3O4S. The Kier molecular flexibility index (Phi) is 6.63. The number of nitrogens with one attached hydrogen (secondary N) is 2. The molecule has 2 saturated heterocycles. The molecule has 1 amide bonds. The number of anilines is 1. The van der Waals surface area contributed by atoms with Crippen molar-refractivity contribution < 1.29 is 17.9 Å². The number of ether oxygens (including phenoxy) is 1. The Labute approximate surface area is 155 Å². The van der Waals surface area contributed by atoms with E-state index >= 15 is 0 Å². The first kappa shape index (κ1) is 19.3. The van der Waals surface area contributed by atoms with Gasteiger partial charge >= 0.3 is 0 Å². The summed E-state index contributed by atoms with van der Waals surface area (Å²) in [5, 5.41) is 6.15. The maximum atomic E-state index is 12.7. The van der Waals surface area contributed by atoms with Crippen LogP contribution >= 0.6 is 0 Å². The van der Waals surface area contributed by atoms with E-state index in [9.17, 15) is 13.2 Å². The number of amides is 1. The smallest absolute Gasteiger partial charge is 0.243 e. The predicted octanol–water partition coefficient (Wildman–Crippen LogP) is 1.43. The molecule has 0 spiro atoms. The second-order valence-corrected chi connectivity index (χ2v) is 8.76. The largest absolute Gasteiger partial charge is 0.379 e. The number of hydrogen-bond donors (Lipinski definition) is 2. The van der Waals surface area contributed by atoms with Crippen LogP contribution in [0.1, 0.15) is 25.7 Å². The first-order valence-corrected chi connectivity index (χ1v) is 10.7. The molecule has 2 N–H and O–H groups in total. The Morgan fingerprint density at radius 2 is 1.96 bits per heavy atom. The van der Waals surface area contributed by atoms with Crippen LogP contribution in [0.3, 0.4) is 0 Å². The first-order chi connectivity index (χ1) is 12.6. The third-order valence-corrected chi connectivity index (χ3v) is 6.86. The summed E-state index contributed by atoms with van der Waals surface area (Å²) in [6.45, 7) is 3.57. The fourth-order valence-electron chi connectivity index (χ4n) is 3.40. The molecule has 0 aromatic heterocycles. The Morgan fingerprint density at radius 1 is 1.23 bits per heavy atom. The minimum Gasteiger partial charge on any atom is -0.379 e. The van der Waals surface area contributed by atoms with Crippen molar-refractivity contribution in [3.05, 3.63) is 24.3 Å². The Morgan fingerprint density at radius 3 is 2.69 bits per heavy atom. The molecule has 1 aromatic carbocycles. The number of hydrogen-bond acceptors (Lipinski definition) is 5. The van der Waals surface area contributed by atoms with Crippen LogP contribution in [0.2, 0.25) is 0 Å². The average molecular weight is 381 g/mol. The summed E-state index contributed by atoms with van der Waals surface area (Å²) in [6, 6.07) is 6.49. The molecule has 7 nitrogen and oxygen atoms in total. The Hall–Kier alpha value is -1.48. The average Bonchev–Trinajstić information content (AvgIpc) is 2.68. The Balaban J connectivity index is 1.58. The highest BCUT2D eigenvalue weighted by molar-refractivity contribution is 7.89. The lowest BCUT2D eigenvalue weighted by atomic mass is 9.93. The summed E-state index contributed by atoms with van der Waals surface area (Å²) in [7, 11) is -3.55. The van der Waals surface area contributed by atoms with E-state index in [1.54, 1.807) is 18.2 Å². The lowest BCUT2D eigenvalue weighted by Crippen LogP contribution is -2.40. The number of carbonyl (C=O) groups is 1. The van der Waals surface area contributed by atoms with Gasteiger partial charge in [-0.3, -0.25) is 4.79 Å². The van der Waals surface area contributed by atoms with Gasteiger partial charge in [-0.05, 0) is 56.5 Å². The highest BCUT2D eigenvalue weighted by Crippen LogP contribution is 2.22. The lowest BCUT2D eigenvalue weighted by molar-refractivity contribution is -0.116. The quantitative estimate of drug-likeness (QED) is 0.778. The van der Waals surface area contributed by atoms with Crippen molar-refractivity contribution in [3.63, 3.8) is 0 Å². The third-order valence-electron chi connectivity index (χ3n) is 4.96. The molecule has 2 heterocycles. The number of piperidine rings is 1. The molecule has 0 aliphatic carbocycles. The van der Waals surface area contributed by atoms with Crippen LogP contribution in [0.5, 0.6) is 0 Å². The summed E-state index contributed by atoms with van der Waals surface area (Å²) in [5.74, 6) is 0.527. The number of benzene rings is 1. The zero-order valence-corrected chi connectivity index (χ0v) is 15.8. The molecule has 0 atom stereocenters. The molecule has 0 radical (unpaired) electrons. The van der Waals surface area contributed by atoms with E-state index in [-0.39, 0.29) is 10.8 Å².